The van der Waals surface area contributed by atoms with Gasteiger partial charge in [-0.2, -0.15) is 5.26 Å². The summed E-state index contributed by atoms with van der Waals surface area (Å²) in [6.45, 7) is 2.87. The van der Waals surface area contributed by atoms with Crippen molar-refractivity contribution in [3.63, 3.8) is 0 Å². The maximum Gasteiger partial charge on any atom is 0.261 e. The minimum atomic E-state index is -0.229. The number of hydrogen-bond acceptors (Lipinski definition) is 5. The number of rotatable bonds is 4. The predicted molar refractivity (Wildman–Crippen MR) is 109 cm³/mol. The molecule has 1 aromatic heterocycles. The van der Waals surface area contributed by atoms with E-state index < -0.39 is 0 Å². The summed E-state index contributed by atoms with van der Waals surface area (Å²) in [5.41, 5.74) is 1.69. The largest absolute Gasteiger partial charge is 0.370 e. The van der Waals surface area contributed by atoms with Crippen molar-refractivity contribution in [2.24, 2.45) is 0 Å². The topological polar surface area (TPSA) is 76.4 Å². The maximum absolute atomic E-state index is 12.5. The fourth-order valence-corrected chi connectivity index (χ4v) is 4.27. The van der Waals surface area contributed by atoms with Gasteiger partial charge in [0, 0.05) is 31.9 Å². The highest BCUT2D eigenvalue weighted by Crippen LogP contribution is 2.22. The number of hydrogen-bond donors (Lipinski definition) is 1. The molecule has 0 unspecified atom stereocenters. The van der Waals surface area contributed by atoms with Crippen LogP contribution in [0.3, 0.4) is 0 Å². The molecule has 1 aliphatic heterocycles. The minimum absolute atomic E-state index is 0.00518. The Bertz CT molecular complexity index is 859. The number of nitrogens with zero attached hydrogens (tertiary/aromatic N) is 3. The van der Waals surface area contributed by atoms with Gasteiger partial charge in [-0.25, -0.2) is 0 Å². The molecule has 2 aromatic rings. The fourth-order valence-electron chi connectivity index (χ4n) is 2.96. The standard InChI is InChI=1S/C19H19BrN4O2S/c20-17-7-6-16(27-17)19(26)22-13-18(25)24-9-1-8-23(10-11-24)15-4-2-14(12-21)3-5-15/h2-7H,1,8-11,13H2,(H,22,26). The molecular weight excluding hydrogens is 428 g/mol. The van der Waals surface area contributed by atoms with E-state index in [1.807, 2.05) is 30.3 Å². The first-order valence-electron chi connectivity index (χ1n) is 8.63. The van der Waals surface area contributed by atoms with Gasteiger partial charge >= 0.3 is 0 Å². The van der Waals surface area contributed by atoms with Crippen LogP contribution in [0.1, 0.15) is 21.7 Å². The summed E-state index contributed by atoms with van der Waals surface area (Å²) in [6.07, 6.45) is 0.859. The van der Waals surface area contributed by atoms with Gasteiger partial charge < -0.3 is 15.1 Å². The van der Waals surface area contributed by atoms with E-state index in [9.17, 15) is 9.59 Å². The molecule has 6 nitrogen and oxygen atoms in total. The second kappa shape index (κ2) is 9.02. The third-order valence-electron chi connectivity index (χ3n) is 4.41. The summed E-state index contributed by atoms with van der Waals surface area (Å²) in [5.74, 6) is -0.297. The average molecular weight is 447 g/mol. The van der Waals surface area contributed by atoms with Crippen molar-refractivity contribution >= 4 is 44.8 Å². The third-order valence-corrected chi connectivity index (χ3v) is 6.03. The van der Waals surface area contributed by atoms with E-state index in [2.05, 4.69) is 32.2 Å². The highest BCUT2D eigenvalue weighted by molar-refractivity contribution is 9.11. The fraction of sp³-hybridized carbons (Fsp3) is 0.316. The van der Waals surface area contributed by atoms with Gasteiger partial charge in [0.15, 0.2) is 0 Å². The van der Waals surface area contributed by atoms with Crippen LogP contribution in [-0.4, -0.2) is 49.4 Å². The molecule has 3 rings (SSSR count). The van der Waals surface area contributed by atoms with Crippen molar-refractivity contribution in [3.8, 4) is 6.07 Å². The number of carbonyl (C=O) groups excluding carboxylic acids is 2. The molecule has 140 valence electrons. The summed E-state index contributed by atoms with van der Waals surface area (Å²) in [7, 11) is 0. The van der Waals surface area contributed by atoms with E-state index in [1.54, 1.807) is 11.0 Å². The van der Waals surface area contributed by atoms with Crippen molar-refractivity contribution < 1.29 is 9.59 Å². The normalized spacial score (nSPS) is 14.4. The zero-order valence-electron chi connectivity index (χ0n) is 14.7. The van der Waals surface area contributed by atoms with Crippen LogP contribution in [0.25, 0.3) is 0 Å². The van der Waals surface area contributed by atoms with Gasteiger partial charge in [0.1, 0.15) is 0 Å². The summed E-state index contributed by atoms with van der Waals surface area (Å²) in [6, 6.07) is 13.2. The minimum Gasteiger partial charge on any atom is -0.370 e. The smallest absolute Gasteiger partial charge is 0.261 e. The first-order valence-corrected chi connectivity index (χ1v) is 10.2. The second-order valence-corrected chi connectivity index (χ2v) is 8.63. The molecule has 1 aromatic carbocycles. The summed E-state index contributed by atoms with van der Waals surface area (Å²) >= 11 is 4.67. The third kappa shape index (κ3) is 5.08. The molecular formula is C19H19BrN4O2S. The average Bonchev–Trinajstić information content (AvgIpc) is 2.98. The van der Waals surface area contributed by atoms with Gasteiger partial charge in [0.25, 0.3) is 5.91 Å². The molecule has 0 bridgehead atoms. The van der Waals surface area contributed by atoms with Crippen molar-refractivity contribution in [1.82, 2.24) is 10.2 Å². The summed E-state index contributed by atoms with van der Waals surface area (Å²) < 4.78 is 0.884. The van der Waals surface area contributed by atoms with Crippen molar-refractivity contribution in [3.05, 3.63) is 50.6 Å². The first kappa shape index (κ1) is 19.4. The Morgan fingerprint density at radius 1 is 1.11 bits per heavy atom. The van der Waals surface area contributed by atoms with Crippen LogP contribution >= 0.6 is 27.3 Å². The van der Waals surface area contributed by atoms with Gasteiger partial charge in [0.2, 0.25) is 5.91 Å². The maximum atomic E-state index is 12.5. The summed E-state index contributed by atoms with van der Waals surface area (Å²) in [4.78, 5) is 29.1. The quantitative estimate of drug-likeness (QED) is 0.782. The van der Waals surface area contributed by atoms with E-state index in [1.165, 1.54) is 11.3 Å². The number of amides is 2. The molecule has 0 saturated carbocycles. The van der Waals surface area contributed by atoms with Gasteiger partial charge in [0.05, 0.1) is 26.8 Å². The number of nitriles is 1. The Labute approximate surface area is 170 Å². The number of thiophene rings is 1. The lowest BCUT2D eigenvalue weighted by atomic mass is 10.2. The highest BCUT2D eigenvalue weighted by Gasteiger charge is 2.20. The zero-order valence-corrected chi connectivity index (χ0v) is 17.1. The molecule has 2 amide bonds. The van der Waals surface area contributed by atoms with E-state index in [0.717, 1.165) is 29.0 Å². The van der Waals surface area contributed by atoms with Crippen molar-refractivity contribution in [2.45, 2.75) is 6.42 Å². The molecule has 0 spiro atoms. The number of nitrogens with one attached hydrogen (secondary N) is 1. The highest BCUT2D eigenvalue weighted by atomic mass is 79.9. The van der Waals surface area contributed by atoms with Crippen LogP contribution in [0.5, 0.6) is 0 Å². The van der Waals surface area contributed by atoms with Gasteiger partial charge in [-0.1, -0.05) is 0 Å². The Morgan fingerprint density at radius 2 is 1.89 bits per heavy atom. The van der Waals surface area contributed by atoms with Crippen LogP contribution in [-0.2, 0) is 4.79 Å². The lowest BCUT2D eigenvalue weighted by Gasteiger charge is -2.24. The van der Waals surface area contributed by atoms with Crippen LogP contribution in [0.15, 0.2) is 40.2 Å². The monoisotopic (exact) mass is 446 g/mol. The Hall–Kier alpha value is -2.37. The van der Waals surface area contributed by atoms with Crippen LogP contribution in [0.2, 0.25) is 0 Å². The van der Waals surface area contributed by atoms with Crippen LogP contribution in [0, 0.1) is 11.3 Å². The number of carbonyl (C=O) groups is 2. The predicted octanol–water partition coefficient (Wildman–Crippen LogP) is 2.85. The van der Waals surface area contributed by atoms with Gasteiger partial charge in [-0.05, 0) is 58.7 Å². The lowest BCUT2D eigenvalue weighted by molar-refractivity contribution is -0.129. The van der Waals surface area contributed by atoms with Crippen molar-refractivity contribution in [2.75, 3.05) is 37.6 Å². The summed E-state index contributed by atoms with van der Waals surface area (Å²) in [5, 5.41) is 11.6. The molecule has 27 heavy (non-hydrogen) atoms. The van der Waals surface area contributed by atoms with Gasteiger partial charge in [-0.3, -0.25) is 9.59 Å². The Kier molecular flexibility index (Phi) is 6.48. The number of halogens is 1. The van der Waals surface area contributed by atoms with Crippen LogP contribution in [0.4, 0.5) is 5.69 Å². The zero-order chi connectivity index (χ0) is 19.2. The molecule has 0 aliphatic carbocycles. The first-order chi connectivity index (χ1) is 13.1. The molecule has 1 aliphatic rings. The number of anilines is 1. The van der Waals surface area contributed by atoms with E-state index in [-0.39, 0.29) is 18.4 Å². The molecule has 0 atom stereocenters. The molecule has 1 fully saturated rings. The van der Waals surface area contributed by atoms with E-state index in [0.29, 0.717) is 23.5 Å². The Balaban J connectivity index is 1.51. The molecule has 0 radical (unpaired) electrons. The van der Waals surface area contributed by atoms with Crippen LogP contribution < -0.4 is 10.2 Å². The molecule has 8 heteroatoms. The van der Waals surface area contributed by atoms with E-state index >= 15 is 0 Å². The van der Waals surface area contributed by atoms with E-state index in [4.69, 9.17) is 5.26 Å². The van der Waals surface area contributed by atoms with Crippen molar-refractivity contribution in [1.29, 1.82) is 5.26 Å². The number of benzene rings is 1. The lowest BCUT2D eigenvalue weighted by Crippen LogP contribution is -2.41. The Morgan fingerprint density at radius 3 is 2.56 bits per heavy atom. The second-order valence-electron chi connectivity index (χ2n) is 6.17. The van der Waals surface area contributed by atoms with Gasteiger partial charge in [-0.15, -0.1) is 11.3 Å². The molecule has 1 saturated heterocycles. The SMILES string of the molecule is N#Cc1ccc(N2CCCN(C(=O)CNC(=O)c3ccc(Br)s3)CC2)cc1. The molecule has 1 N–H and O–H groups in total. The molecule has 2 heterocycles.